The minimum Gasteiger partial charge on any atom is -0.0771 e. The molecule has 72 valence electrons. The van der Waals surface area contributed by atoms with Gasteiger partial charge in [-0.15, -0.1) is 0 Å². The highest BCUT2D eigenvalue weighted by atomic mass is 14.4. The maximum Gasteiger partial charge on any atom is 0.000918 e. The molecule has 0 heteroatoms. The highest BCUT2D eigenvalue weighted by Crippen LogP contribution is 2.48. The van der Waals surface area contributed by atoms with E-state index in [2.05, 4.69) is 38.2 Å². The molecule has 1 saturated carbocycles. The molecule has 13 heavy (non-hydrogen) atoms. The summed E-state index contributed by atoms with van der Waals surface area (Å²) in [5, 5.41) is 0. The van der Waals surface area contributed by atoms with Crippen LogP contribution in [-0.2, 0) is 0 Å². The van der Waals surface area contributed by atoms with Crippen molar-refractivity contribution in [1.82, 2.24) is 0 Å². The second-order valence-electron chi connectivity index (χ2n) is 4.95. The lowest BCUT2D eigenvalue weighted by Crippen LogP contribution is -2.34. The van der Waals surface area contributed by atoms with Crippen LogP contribution < -0.4 is 0 Å². The quantitative estimate of drug-likeness (QED) is 0.567. The van der Waals surface area contributed by atoms with Crippen molar-refractivity contribution < 1.29 is 0 Å². The van der Waals surface area contributed by atoms with Gasteiger partial charge in [-0.2, -0.15) is 0 Å². The first kappa shape index (κ1) is 9.05. The van der Waals surface area contributed by atoms with Gasteiger partial charge in [0, 0.05) is 5.92 Å². The molecule has 0 saturated heterocycles. The molecule has 0 bridgehead atoms. The molecule has 0 amide bonds. The van der Waals surface area contributed by atoms with E-state index in [9.17, 15) is 0 Å². The van der Waals surface area contributed by atoms with Crippen molar-refractivity contribution in [3.63, 3.8) is 0 Å². The summed E-state index contributed by atoms with van der Waals surface area (Å²) in [6.45, 7) is 4.90. The van der Waals surface area contributed by atoms with Gasteiger partial charge >= 0.3 is 0 Å². The second kappa shape index (κ2) is 3.32. The second-order valence-corrected chi connectivity index (χ2v) is 4.95. The van der Waals surface area contributed by atoms with E-state index in [4.69, 9.17) is 0 Å². The third-order valence-electron chi connectivity index (χ3n) is 4.24. The third-order valence-corrected chi connectivity index (χ3v) is 4.24. The Labute approximate surface area is 81.7 Å². The van der Waals surface area contributed by atoms with Gasteiger partial charge in [0.2, 0.25) is 0 Å². The highest BCUT2D eigenvalue weighted by molar-refractivity contribution is 5.21. The van der Waals surface area contributed by atoms with Crippen LogP contribution in [-0.4, -0.2) is 0 Å². The van der Waals surface area contributed by atoms with Crippen molar-refractivity contribution in [3.05, 3.63) is 24.3 Å². The largest absolute Gasteiger partial charge is 0.0771 e. The summed E-state index contributed by atoms with van der Waals surface area (Å²) in [6, 6.07) is 0. The van der Waals surface area contributed by atoms with Crippen LogP contribution in [0.1, 0.15) is 39.5 Å². The summed E-state index contributed by atoms with van der Waals surface area (Å²) in [5.41, 5.74) is 0.543. The van der Waals surface area contributed by atoms with Gasteiger partial charge in [0.1, 0.15) is 0 Å². The van der Waals surface area contributed by atoms with Gasteiger partial charge in [-0.3, -0.25) is 0 Å². The van der Waals surface area contributed by atoms with Crippen LogP contribution >= 0.6 is 0 Å². The van der Waals surface area contributed by atoms with Gasteiger partial charge in [-0.1, -0.05) is 57.4 Å². The first-order chi connectivity index (χ1) is 6.23. The Balaban J connectivity index is 2.16. The van der Waals surface area contributed by atoms with Gasteiger partial charge < -0.3 is 0 Å². The molecule has 2 unspecified atom stereocenters. The summed E-state index contributed by atoms with van der Waals surface area (Å²) in [5.74, 6) is 1.60. The molecule has 0 aliphatic heterocycles. The molecule has 2 aliphatic carbocycles. The minimum absolute atomic E-state index is 0.543. The molecule has 0 nitrogen and oxygen atoms in total. The van der Waals surface area contributed by atoms with E-state index in [1.54, 1.807) is 0 Å². The summed E-state index contributed by atoms with van der Waals surface area (Å²) in [7, 11) is 0. The lowest BCUT2D eigenvalue weighted by Gasteiger charge is -2.43. The first-order valence-electron chi connectivity index (χ1n) is 5.58. The molecule has 0 radical (unpaired) electrons. The van der Waals surface area contributed by atoms with Crippen LogP contribution in [0.5, 0.6) is 0 Å². The standard InChI is InChI=1S/C13H20/c1-11-7-5-6-10-13(11,2)12-8-3-4-9-12/h3-4,8-9,11-12H,5-7,10H2,1-2H3. The zero-order valence-corrected chi connectivity index (χ0v) is 8.79. The molecule has 0 aromatic rings. The van der Waals surface area contributed by atoms with E-state index in [0.717, 1.165) is 5.92 Å². The molecule has 0 N–H and O–H groups in total. The zero-order valence-electron chi connectivity index (χ0n) is 8.79. The van der Waals surface area contributed by atoms with E-state index in [-0.39, 0.29) is 0 Å². The predicted octanol–water partition coefficient (Wildman–Crippen LogP) is 3.95. The Hall–Kier alpha value is -0.520. The van der Waals surface area contributed by atoms with Gasteiger partial charge in [-0.25, -0.2) is 0 Å². The van der Waals surface area contributed by atoms with Crippen LogP contribution in [0.25, 0.3) is 0 Å². The Morgan fingerprint density at radius 1 is 1.15 bits per heavy atom. The van der Waals surface area contributed by atoms with Crippen molar-refractivity contribution in [2.45, 2.75) is 39.5 Å². The van der Waals surface area contributed by atoms with E-state index in [1.807, 2.05) is 0 Å². The maximum atomic E-state index is 2.47. The average Bonchev–Trinajstić information content (AvgIpc) is 2.63. The van der Waals surface area contributed by atoms with Gasteiger partial charge in [0.05, 0.1) is 0 Å². The Kier molecular flexibility index (Phi) is 2.31. The smallest absolute Gasteiger partial charge is 0.000918 e. The van der Waals surface area contributed by atoms with Crippen molar-refractivity contribution in [2.75, 3.05) is 0 Å². The Morgan fingerprint density at radius 3 is 2.46 bits per heavy atom. The summed E-state index contributed by atoms with van der Waals surface area (Å²) in [6.07, 6.45) is 14.9. The van der Waals surface area contributed by atoms with Crippen molar-refractivity contribution >= 4 is 0 Å². The van der Waals surface area contributed by atoms with E-state index in [1.165, 1.54) is 25.7 Å². The Bertz CT molecular complexity index is 224. The number of allylic oxidation sites excluding steroid dienone is 4. The average molecular weight is 176 g/mol. The molecule has 0 heterocycles. The molecule has 1 fully saturated rings. The van der Waals surface area contributed by atoms with E-state index in [0.29, 0.717) is 11.3 Å². The highest BCUT2D eigenvalue weighted by Gasteiger charge is 2.38. The monoisotopic (exact) mass is 176 g/mol. The molecular formula is C13H20. The lowest BCUT2D eigenvalue weighted by molar-refractivity contribution is 0.0998. The van der Waals surface area contributed by atoms with Gasteiger partial charge in [0.25, 0.3) is 0 Å². The summed E-state index contributed by atoms with van der Waals surface area (Å²) >= 11 is 0. The normalized spacial score (nSPS) is 40.0. The molecule has 0 aromatic carbocycles. The van der Waals surface area contributed by atoms with E-state index < -0.39 is 0 Å². The molecule has 0 spiro atoms. The van der Waals surface area contributed by atoms with Crippen LogP contribution in [0.2, 0.25) is 0 Å². The first-order valence-corrected chi connectivity index (χ1v) is 5.58. The molecular weight excluding hydrogens is 156 g/mol. The van der Waals surface area contributed by atoms with Crippen LogP contribution in [0.15, 0.2) is 24.3 Å². The maximum absolute atomic E-state index is 2.47. The number of hydrogen-bond donors (Lipinski definition) is 0. The predicted molar refractivity (Wildman–Crippen MR) is 57.5 cm³/mol. The Morgan fingerprint density at radius 2 is 1.85 bits per heavy atom. The number of hydrogen-bond acceptors (Lipinski definition) is 0. The fourth-order valence-corrected chi connectivity index (χ4v) is 2.90. The van der Waals surface area contributed by atoms with E-state index >= 15 is 0 Å². The van der Waals surface area contributed by atoms with Crippen LogP contribution in [0, 0.1) is 17.3 Å². The number of rotatable bonds is 1. The third kappa shape index (κ3) is 1.47. The van der Waals surface area contributed by atoms with Crippen LogP contribution in [0.3, 0.4) is 0 Å². The lowest BCUT2D eigenvalue weighted by atomic mass is 9.62. The van der Waals surface area contributed by atoms with Crippen molar-refractivity contribution in [3.8, 4) is 0 Å². The minimum atomic E-state index is 0.543. The molecule has 2 rings (SSSR count). The zero-order chi connectivity index (χ0) is 9.31. The van der Waals surface area contributed by atoms with Crippen molar-refractivity contribution in [1.29, 1.82) is 0 Å². The van der Waals surface area contributed by atoms with Crippen LogP contribution in [0.4, 0.5) is 0 Å². The SMILES string of the molecule is CC1CCCCC1(C)C1C=CC=C1. The summed E-state index contributed by atoms with van der Waals surface area (Å²) < 4.78 is 0. The summed E-state index contributed by atoms with van der Waals surface area (Å²) in [4.78, 5) is 0. The van der Waals surface area contributed by atoms with Gasteiger partial charge in [0.15, 0.2) is 0 Å². The molecule has 2 aliphatic rings. The molecule has 2 atom stereocenters. The molecule has 0 aromatic heterocycles. The topological polar surface area (TPSA) is 0 Å². The van der Waals surface area contributed by atoms with Gasteiger partial charge in [-0.05, 0) is 17.8 Å². The van der Waals surface area contributed by atoms with Crippen molar-refractivity contribution in [2.24, 2.45) is 17.3 Å². The fraction of sp³-hybridized carbons (Fsp3) is 0.692. The fourth-order valence-electron chi connectivity index (χ4n) is 2.90.